The molecule has 1 aliphatic rings. The number of aliphatic hydroxyl groups excluding tert-OH is 1. The average molecular weight is 400 g/mol. The van der Waals surface area contributed by atoms with Crippen LogP contribution < -0.4 is 10.6 Å². The number of aliphatic hydroxyl groups is 1. The first-order valence-electron chi connectivity index (χ1n) is 8.91. The lowest BCUT2D eigenvalue weighted by atomic mass is 9.79. The van der Waals surface area contributed by atoms with Crippen LogP contribution in [-0.2, 0) is 5.54 Å². The van der Waals surface area contributed by atoms with Crippen molar-refractivity contribution in [3.63, 3.8) is 0 Å². The lowest BCUT2D eigenvalue weighted by Crippen LogP contribution is -2.61. The summed E-state index contributed by atoms with van der Waals surface area (Å²) >= 11 is 0. The second-order valence-electron chi connectivity index (χ2n) is 6.68. The Bertz CT molecular complexity index is 902. The number of carbonyl (C=O) groups excluding carboxylic acids is 1. The number of carbonyl (C=O) groups is 1. The van der Waals surface area contributed by atoms with Gasteiger partial charge in [-0.15, -0.1) is 22.6 Å². The Labute approximate surface area is 169 Å². The third-order valence-corrected chi connectivity index (χ3v) is 5.07. The van der Waals surface area contributed by atoms with Crippen LogP contribution in [-0.4, -0.2) is 45.0 Å². The lowest BCUT2D eigenvalue weighted by molar-refractivity contribution is 0.0289. The Kier molecular flexibility index (Phi) is 6.08. The van der Waals surface area contributed by atoms with E-state index in [0.29, 0.717) is 18.5 Å². The van der Waals surface area contributed by atoms with Gasteiger partial charge in [0, 0.05) is 17.8 Å². The zero-order valence-corrected chi connectivity index (χ0v) is 16.0. The maximum absolute atomic E-state index is 13.0. The second-order valence-corrected chi connectivity index (χ2v) is 6.68. The van der Waals surface area contributed by atoms with Gasteiger partial charge in [0.1, 0.15) is 12.7 Å². The number of hydrogen-bond acceptors (Lipinski definition) is 5. The Morgan fingerprint density at radius 1 is 1.11 bits per heavy atom. The van der Waals surface area contributed by atoms with Crippen molar-refractivity contribution in [1.29, 1.82) is 0 Å². The molecule has 0 aliphatic carbocycles. The largest absolute Gasteiger partial charge is 0.389 e. The fraction of sp³-hybridized carbons (Fsp3) is 0.250. The molecule has 1 saturated heterocycles. The minimum Gasteiger partial charge on any atom is -0.389 e. The quantitative estimate of drug-likeness (QED) is 0.620. The van der Waals surface area contributed by atoms with Gasteiger partial charge < -0.3 is 15.7 Å². The molecule has 1 fully saturated rings. The number of amides is 1. The Morgan fingerprint density at radius 3 is 2.43 bits per heavy atom. The minimum absolute atomic E-state index is 0. The Balaban J connectivity index is 0.00000225. The van der Waals surface area contributed by atoms with E-state index in [-0.39, 0.29) is 18.3 Å². The smallest absolute Gasteiger partial charge is 0.252 e. The molecule has 0 unspecified atom stereocenters. The molecule has 3 aromatic rings. The van der Waals surface area contributed by atoms with E-state index in [1.165, 1.54) is 0 Å². The number of rotatable bonds is 4. The van der Waals surface area contributed by atoms with E-state index in [4.69, 9.17) is 0 Å². The van der Waals surface area contributed by atoms with Crippen LogP contribution in [0, 0.1) is 0 Å². The number of piperidine rings is 1. The third kappa shape index (κ3) is 3.77. The maximum Gasteiger partial charge on any atom is 0.252 e. The topological polar surface area (TPSA) is 92.1 Å². The number of nitrogens with zero attached hydrogens (tertiary/aromatic N) is 3. The van der Waals surface area contributed by atoms with E-state index in [1.807, 2.05) is 42.5 Å². The van der Waals surface area contributed by atoms with Gasteiger partial charge in [0.15, 0.2) is 0 Å². The molecule has 146 valence electrons. The van der Waals surface area contributed by atoms with E-state index in [1.54, 1.807) is 29.4 Å². The summed E-state index contributed by atoms with van der Waals surface area (Å²) in [5.41, 5.74) is 1.51. The van der Waals surface area contributed by atoms with Gasteiger partial charge in [0.25, 0.3) is 5.91 Å². The van der Waals surface area contributed by atoms with Crippen molar-refractivity contribution in [3.05, 3.63) is 78.4 Å². The summed E-state index contributed by atoms with van der Waals surface area (Å²) in [6.07, 6.45) is 3.10. The predicted molar refractivity (Wildman–Crippen MR) is 108 cm³/mol. The van der Waals surface area contributed by atoms with Crippen LogP contribution in [0.4, 0.5) is 0 Å². The molecule has 4 rings (SSSR count). The average Bonchev–Trinajstić information content (AvgIpc) is 3.25. The first kappa shape index (κ1) is 20.0. The standard InChI is InChI=1S/C20H21N5O2.ClH/c26-18-12-21-11-10-20(18,16-4-2-1-3-5-16)24-19(27)15-6-8-17(9-7-15)25-13-22-23-14-25;/h1-9,13-14,18,21,26H,10-12H2,(H,24,27);1H/t18-,20+;/m1./s1. The molecule has 2 aromatic carbocycles. The number of β-amino-alcohol motifs (C(OH)–C–C–N with tert-alkyl or cyclic N) is 1. The van der Waals surface area contributed by atoms with Crippen molar-refractivity contribution >= 4 is 18.3 Å². The van der Waals surface area contributed by atoms with E-state index >= 15 is 0 Å². The zero-order valence-electron chi connectivity index (χ0n) is 15.2. The molecular weight excluding hydrogens is 378 g/mol. The number of halogens is 1. The van der Waals surface area contributed by atoms with Crippen molar-refractivity contribution in [2.24, 2.45) is 0 Å². The summed E-state index contributed by atoms with van der Waals surface area (Å²) in [7, 11) is 0. The van der Waals surface area contributed by atoms with Crippen molar-refractivity contribution < 1.29 is 9.90 Å². The zero-order chi connectivity index (χ0) is 18.7. The van der Waals surface area contributed by atoms with Gasteiger partial charge in [-0.1, -0.05) is 30.3 Å². The van der Waals surface area contributed by atoms with Gasteiger partial charge in [0.05, 0.1) is 11.6 Å². The molecule has 0 radical (unpaired) electrons. The molecule has 1 aliphatic heterocycles. The molecule has 8 heteroatoms. The number of nitrogens with one attached hydrogen (secondary N) is 2. The molecule has 7 nitrogen and oxygen atoms in total. The van der Waals surface area contributed by atoms with Crippen LogP contribution >= 0.6 is 12.4 Å². The molecule has 0 spiro atoms. The Hall–Kier alpha value is -2.74. The Morgan fingerprint density at radius 2 is 1.79 bits per heavy atom. The van der Waals surface area contributed by atoms with Crippen LogP contribution in [0.25, 0.3) is 5.69 Å². The molecule has 2 atom stereocenters. The van der Waals surface area contributed by atoms with Gasteiger partial charge >= 0.3 is 0 Å². The van der Waals surface area contributed by atoms with Gasteiger partial charge in [0.2, 0.25) is 0 Å². The summed E-state index contributed by atoms with van der Waals surface area (Å²) in [6.45, 7) is 1.15. The summed E-state index contributed by atoms with van der Waals surface area (Å²) in [6, 6.07) is 16.9. The van der Waals surface area contributed by atoms with Gasteiger partial charge in [-0.3, -0.25) is 9.36 Å². The fourth-order valence-corrected chi connectivity index (χ4v) is 3.55. The molecule has 0 saturated carbocycles. The van der Waals surface area contributed by atoms with Crippen LogP contribution in [0.5, 0.6) is 0 Å². The predicted octanol–water partition coefficient (Wildman–Crippen LogP) is 1.67. The highest BCUT2D eigenvalue weighted by Crippen LogP contribution is 2.31. The highest BCUT2D eigenvalue weighted by Gasteiger charge is 2.42. The summed E-state index contributed by atoms with van der Waals surface area (Å²) in [4.78, 5) is 13.0. The normalized spacial score (nSPS) is 21.5. The second kappa shape index (κ2) is 8.52. The maximum atomic E-state index is 13.0. The van der Waals surface area contributed by atoms with Crippen molar-refractivity contribution in [3.8, 4) is 5.69 Å². The number of aromatic nitrogens is 3. The fourth-order valence-electron chi connectivity index (χ4n) is 3.55. The highest BCUT2D eigenvalue weighted by atomic mass is 35.5. The number of hydrogen-bond donors (Lipinski definition) is 3. The molecule has 1 aromatic heterocycles. The molecular formula is C20H22ClN5O2. The SMILES string of the molecule is Cl.O=C(N[C@]1(c2ccccc2)CCNC[C@H]1O)c1ccc(-n2cnnc2)cc1. The van der Waals surface area contributed by atoms with Crippen LogP contribution in [0.3, 0.4) is 0 Å². The van der Waals surface area contributed by atoms with E-state index in [9.17, 15) is 9.90 Å². The summed E-state index contributed by atoms with van der Waals surface area (Å²) < 4.78 is 1.77. The molecule has 3 N–H and O–H groups in total. The molecule has 2 heterocycles. The highest BCUT2D eigenvalue weighted by molar-refractivity contribution is 5.95. The van der Waals surface area contributed by atoms with Crippen LogP contribution in [0.15, 0.2) is 67.3 Å². The summed E-state index contributed by atoms with van der Waals surface area (Å²) in [5.74, 6) is -0.213. The first-order chi connectivity index (χ1) is 13.2. The monoisotopic (exact) mass is 399 g/mol. The van der Waals surface area contributed by atoms with Crippen LogP contribution in [0.1, 0.15) is 22.3 Å². The molecule has 1 amide bonds. The molecule has 0 bridgehead atoms. The van der Waals surface area contributed by atoms with Crippen molar-refractivity contribution in [2.45, 2.75) is 18.1 Å². The minimum atomic E-state index is -0.809. The van der Waals surface area contributed by atoms with Crippen molar-refractivity contribution in [1.82, 2.24) is 25.4 Å². The van der Waals surface area contributed by atoms with E-state index in [2.05, 4.69) is 20.8 Å². The van der Waals surface area contributed by atoms with Gasteiger partial charge in [-0.05, 0) is 42.8 Å². The number of benzene rings is 2. The van der Waals surface area contributed by atoms with E-state index < -0.39 is 11.6 Å². The van der Waals surface area contributed by atoms with Crippen molar-refractivity contribution in [2.75, 3.05) is 13.1 Å². The van der Waals surface area contributed by atoms with E-state index in [0.717, 1.165) is 17.8 Å². The van der Waals surface area contributed by atoms with Gasteiger partial charge in [-0.25, -0.2) is 0 Å². The lowest BCUT2D eigenvalue weighted by Gasteiger charge is -2.43. The molecule has 28 heavy (non-hydrogen) atoms. The summed E-state index contributed by atoms with van der Waals surface area (Å²) in [5, 5.41) is 24.6. The third-order valence-electron chi connectivity index (χ3n) is 5.07. The van der Waals surface area contributed by atoms with Crippen LogP contribution in [0.2, 0.25) is 0 Å². The first-order valence-corrected chi connectivity index (χ1v) is 8.91. The van der Waals surface area contributed by atoms with Gasteiger partial charge in [-0.2, -0.15) is 0 Å².